The highest BCUT2D eigenvalue weighted by Crippen LogP contribution is 2.38. The molecule has 2 aromatic rings. The molecule has 1 aromatic carbocycles. The monoisotopic (exact) mass is 464 g/mol. The summed E-state index contributed by atoms with van der Waals surface area (Å²) >= 11 is 1.46. The second-order valence-electron chi connectivity index (χ2n) is 6.98. The minimum Gasteiger partial charge on any atom is -0.462 e. The van der Waals surface area contributed by atoms with E-state index in [1.54, 1.807) is 13.0 Å². The van der Waals surface area contributed by atoms with Crippen molar-refractivity contribution in [1.29, 1.82) is 0 Å². The summed E-state index contributed by atoms with van der Waals surface area (Å²) in [6.07, 6.45) is 3.92. The van der Waals surface area contributed by atoms with Gasteiger partial charge in [0.25, 0.3) is 0 Å². The van der Waals surface area contributed by atoms with Gasteiger partial charge < -0.3 is 19.5 Å². The number of benzene rings is 1. The first kappa shape index (κ1) is 23.1. The van der Waals surface area contributed by atoms with E-state index in [4.69, 9.17) is 14.2 Å². The summed E-state index contributed by atoms with van der Waals surface area (Å²) in [5.74, 6) is 0.675. The number of ether oxygens (including phenoxy) is 3. The van der Waals surface area contributed by atoms with Gasteiger partial charge in [-0.3, -0.25) is 9.69 Å². The number of hydrogen-bond acceptors (Lipinski definition) is 7. The topological polar surface area (TPSA) is 77.1 Å². The van der Waals surface area contributed by atoms with Gasteiger partial charge in [0.05, 0.1) is 12.2 Å². The number of likely N-dealkylation sites (N-methyl/N-ethyl adjacent to an activating group) is 1. The molecule has 3 heterocycles. The highest BCUT2D eigenvalue weighted by atomic mass is 35.5. The largest absolute Gasteiger partial charge is 0.462 e. The van der Waals surface area contributed by atoms with Crippen LogP contribution >= 0.6 is 23.7 Å². The number of rotatable bonds is 6. The van der Waals surface area contributed by atoms with Crippen molar-refractivity contribution in [3.63, 3.8) is 0 Å². The number of esters is 1. The Balaban J connectivity index is 0.00000272. The van der Waals surface area contributed by atoms with Crippen molar-refractivity contribution in [2.75, 3.05) is 31.8 Å². The van der Waals surface area contributed by atoms with Crippen LogP contribution in [0.2, 0.25) is 0 Å². The van der Waals surface area contributed by atoms with Crippen LogP contribution in [-0.4, -0.2) is 43.3 Å². The average Bonchev–Trinajstić information content (AvgIpc) is 3.35. The van der Waals surface area contributed by atoms with Crippen LogP contribution in [-0.2, 0) is 22.5 Å². The van der Waals surface area contributed by atoms with Crippen molar-refractivity contribution in [2.45, 2.75) is 26.8 Å². The number of anilines is 1. The fraction of sp³-hybridized carbons (Fsp3) is 0.364. The maximum atomic E-state index is 12.6. The molecule has 0 saturated carbocycles. The summed E-state index contributed by atoms with van der Waals surface area (Å²) in [5.41, 5.74) is 2.32. The molecule has 0 saturated heterocycles. The Labute approximate surface area is 191 Å². The predicted molar refractivity (Wildman–Crippen MR) is 122 cm³/mol. The fourth-order valence-electron chi connectivity index (χ4n) is 3.58. The third kappa shape index (κ3) is 5.03. The number of thiophene rings is 1. The Morgan fingerprint density at radius 1 is 1.26 bits per heavy atom. The second-order valence-corrected chi connectivity index (χ2v) is 8.09. The van der Waals surface area contributed by atoms with E-state index < -0.39 is 0 Å². The average molecular weight is 465 g/mol. The first-order valence-electron chi connectivity index (χ1n) is 10.0. The summed E-state index contributed by atoms with van der Waals surface area (Å²) < 4.78 is 15.9. The molecule has 1 amide bonds. The van der Waals surface area contributed by atoms with Crippen molar-refractivity contribution in [1.82, 2.24) is 4.90 Å². The Morgan fingerprint density at radius 2 is 2.06 bits per heavy atom. The number of halogens is 1. The predicted octanol–water partition coefficient (Wildman–Crippen LogP) is 4.11. The Hall–Kier alpha value is -2.55. The zero-order valence-corrected chi connectivity index (χ0v) is 19.1. The molecule has 31 heavy (non-hydrogen) atoms. The van der Waals surface area contributed by atoms with Crippen LogP contribution in [0, 0.1) is 0 Å². The van der Waals surface area contributed by atoms with Crippen molar-refractivity contribution < 1.29 is 23.8 Å². The van der Waals surface area contributed by atoms with E-state index in [-0.39, 0.29) is 31.1 Å². The summed E-state index contributed by atoms with van der Waals surface area (Å²) in [6, 6.07) is 5.48. The Morgan fingerprint density at radius 3 is 2.84 bits per heavy atom. The van der Waals surface area contributed by atoms with Crippen molar-refractivity contribution in [3.8, 4) is 11.5 Å². The lowest BCUT2D eigenvalue weighted by Crippen LogP contribution is -2.30. The zero-order valence-electron chi connectivity index (χ0n) is 17.4. The van der Waals surface area contributed by atoms with E-state index in [1.165, 1.54) is 17.4 Å². The van der Waals surface area contributed by atoms with Crippen LogP contribution in [0.5, 0.6) is 11.5 Å². The second kappa shape index (κ2) is 10.2. The Bertz CT molecular complexity index is 1000. The standard InChI is InChI=1S/C22H24N2O5S.ClH/c1-3-24-10-9-15-18(12-24)30-21(20(15)22(26)27-4-2)23-19(25)8-6-14-5-7-16-17(11-14)29-13-28-16;/h5-8,11H,3-4,9-10,12-13H2,1-2H3,(H,23,25);1H/b8-6+;. The number of nitrogens with one attached hydrogen (secondary N) is 1. The van der Waals surface area contributed by atoms with Crippen molar-refractivity contribution >= 4 is 46.7 Å². The molecule has 0 fully saturated rings. The summed E-state index contributed by atoms with van der Waals surface area (Å²) in [5, 5.41) is 3.43. The number of fused-ring (bicyclic) bond motifs is 2. The molecule has 1 N–H and O–H groups in total. The van der Waals surface area contributed by atoms with Crippen LogP contribution in [0.4, 0.5) is 5.00 Å². The van der Waals surface area contributed by atoms with E-state index in [2.05, 4.69) is 17.1 Å². The van der Waals surface area contributed by atoms with E-state index in [1.807, 2.05) is 18.2 Å². The van der Waals surface area contributed by atoms with E-state index in [0.717, 1.165) is 42.1 Å². The number of carbonyl (C=O) groups is 2. The highest BCUT2D eigenvalue weighted by Gasteiger charge is 2.28. The maximum absolute atomic E-state index is 12.6. The molecular formula is C22H25ClN2O5S. The number of carbonyl (C=O) groups excluding carboxylic acids is 2. The molecule has 9 heteroatoms. The van der Waals surface area contributed by atoms with Gasteiger partial charge in [-0.2, -0.15) is 0 Å². The van der Waals surface area contributed by atoms with Crippen LogP contribution in [0.25, 0.3) is 6.08 Å². The lowest BCUT2D eigenvalue weighted by Gasteiger charge is -2.25. The van der Waals surface area contributed by atoms with Gasteiger partial charge in [0, 0.05) is 24.0 Å². The third-order valence-electron chi connectivity index (χ3n) is 5.12. The molecule has 4 rings (SSSR count). The van der Waals surface area contributed by atoms with E-state index in [9.17, 15) is 9.59 Å². The molecule has 0 atom stereocenters. The number of amides is 1. The normalized spacial score (nSPS) is 14.8. The smallest absolute Gasteiger partial charge is 0.341 e. The molecule has 7 nitrogen and oxygen atoms in total. The molecule has 0 radical (unpaired) electrons. The molecule has 2 aliphatic heterocycles. The van der Waals surface area contributed by atoms with Crippen LogP contribution in [0.3, 0.4) is 0 Å². The van der Waals surface area contributed by atoms with Gasteiger partial charge in [-0.15, -0.1) is 23.7 Å². The van der Waals surface area contributed by atoms with Crippen molar-refractivity contribution in [3.05, 3.63) is 45.8 Å². The summed E-state index contributed by atoms with van der Waals surface area (Å²) in [4.78, 5) is 28.6. The SMILES string of the molecule is CCOC(=O)c1c(NC(=O)/C=C/c2ccc3c(c2)OCO3)sc2c1CCN(CC)C2.Cl. The Kier molecular flexibility index (Phi) is 7.59. The molecule has 0 bridgehead atoms. The molecule has 2 aliphatic rings. The first-order chi connectivity index (χ1) is 14.6. The van der Waals surface area contributed by atoms with Crippen LogP contribution in [0.1, 0.15) is 40.2 Å². The van der Waals surface area contributed by atoms with Gasteiger partial charge in [-0.1, -0.05) is 13.0 Å². The summed E-state index contributed by atoms with van der Waals surface area (Å²) in [7, 11) is 0. The minimum absolute atomic E-state index is 0. The summed E-state index contributed by atoms with van der Waals surface area (Å²) in [6.45, 7) is 7.03. The molecule has 1 aromatic heterocycles. The number of nitrogens with zero attached hydrogens (tertiary/aromatic N) is 1. The molecule has 0 aliphatic carbocycles. The van der Waals surface area contributed by atoms with Gasteiger partial charge in [0.1, 0.15) is 5.00 Å². The van der Waals surface area contributed by atoms with Gasteiger partial charge >= 0.3 is 5.97 Å². The minimum atomic E-state index is -0.380. The lowest BCUT2D eigenvalue weighted by atomic mass is 10.0. The zero-order chi connectivity index (χ0) is 21.1. The lowest BCUT2D eigenvalue weighted by molar-refractivity contribution is -0.111. The van der Waals surface area contributed by atoms with E-state index in [0.29, 0.717) is 28.7 Å². The van der Waals surface area contributed by atoms with Gasteiger partial charge in [0.15, 0.2) is 11.5 Å². The third-order valence-corrected chi connectivity index (χ3v) is 6.26. The van der Waals surface area contributed by atoms with Crippen molar-refractivity contribution in [2.24, 2.45) is 0 Å². The molecular weight excluding hydrogens is 440 g/mol. The van der Waals surface area contributed by atoms with E-state index >= 15 is 0 Å². The number of hydrogen-bond donors (Lipinski definition) is 1. The first-order valence-corrected chi connectivity index (χ1v) is 10.8. The maximum Gasteiger partial charge on any atom is 0.341 e. The quantitative estimate of drug-likeness (QED) is 0.512. The highest BCUT2D eigenvalue weighted by molar-refractivity contribution is 7.17. The van der Waals surface area contributed by atoms with Gasteiger partial charge in [0.2, 0.25) is 12.7 Å². The molecule has 166 valence electrons. The van der Waals surface area contributed by atoms with Gasteiger partial charge in [-0.25, -0.2) is 4.79 Å². The molecule has 0 unspecified atom stereocenters. The van der Waals surface area contributed by atoms with Gasteiger partial charge in [-0.05, 0) is 49.2 Å². The molecule has 0 spiro atoms. The fourth-order valence-corrected chi connectivity index (χ4v) is 4.86. The van der Waals surface area contributed by atoms with Crippen LogP contribution in [0.15, 0.2) is 24.3 Å². The van der Waals surface area contributed by atoms with Crippen LogP contribution < -0.4 is 14.8 Å².